The summed E-state index contributed by atoms with van der Waals surface area (Å²) in [6.45, 7) is 4.49. The molecule has 1 aliphatic rings. The van der Waals surface area contributed by atoms with Crippen LogP contribution >= 0.6 is 0 Å². The molecular formula is C19H23FN6O2. The van der Waals surface area contributed by atoms with Gasteiger partial charge in [-0.25, -0.2) is 14.2 Å². The van der Waals surface area contributed by atoms with E-state index in [0.717, 1.165) is 37.3 Å². The number of halogens is 1. The van der Waals surface area contributed by atoms with Crippen LogP contribution in [0.5, 0.6) is 0 Å². The van der Waals surface area contributed by atoms with Gasteiger partial charge in [0.05, 0.1) is 12.0 Å². The molecule has 0 atom stereocenters. The van der Waals surface area contributed by atoms with Crippen LogP contribution in [-0.4, -0.2) is 56.3 Å². The zero-order valence-corrected chi connectivity index (χ0v) is 16.0. The lowest BCUT2D eigenvalue weighted by Gasteiger charge is -2.36. The van der Waals surface area contributed by atoms with Gasteiger partial charge in [0, 0.05) is 53.4 Å². The number of fused-ring (bicyclic) bond motifs is 1. The molecule has 0 saturated carbocycles. The minimum atomic E-state index is -0.382. The van der Waals surface area contributed by atoms with E-state index in [1.165, 1.54) is 17.7 Å². The van der Waals surface area contributed by atoms with E-state index in [-0.39, 0.29) is 17.1 Å². The molecule has 28 heavy (non-hydrogen) atoms. The average molecular weight is 386 g/mol. The fourth-order valence-corrected chi connectivity index (χ4v) is 3.74. The summed E-state index contributed by atoms with van der Waals surface area (Å²) in [5.74, 6) is -0.192. The topological polar surface area (TPSA) is 68.3 Å². The van der Waals surface area contributed by atoms with Gasteiger partial charge in [0.25, 0.3) is 5.56 Å². The van der Waals surface area contributed by atoms with Gasteiger partial charge in [0.15, 0.2) is 11.2 Å². The predicted octanol–water partition coefficient (Wildman–Crippen LogP) is 0.395. The van der Waals surface area contributed by atoms with Crippen molar-refractivity contribution in [2.45, 2.75) is 6.54 Å². The Labute approximate surface area is 161 Å². The maximum absolute atomic E-state index is 14.0. The molecule has 1 aromatic carbocycles. The van der Waals surface area contributed by atoms with Crippen LogP contribution in [0.15, 0.2) is 40.2 Å². The van der Waals surface area contributed by atoms with Crippen molar-refractivity contribution in [3.63, 3.8) is 0 Å². The predicted molar refractivity (Wildman–Crippen MR) is 105 cm³/mol. The molecule has 1 aliphatic heterocycles. The Morgan fingerprint density at radius 3 is 2.43 bits per heavy atom. The smallest absolute Gasteiger partial charge is 0.332 e. The quantitative estimate of drug-likeness (QED) is 0.649. The van der Waals surface area contributed by atoms with Crippen LogP contribution in [0.25, 0.3) is 11.2 Å². The number of nitrogens with zero attached hydrogens (tertiary/aromatic N) is 6. The Bertz CT molecular complexity index is 1120. The molecule has 8 nitrogen and oxygen atoms in total. The molecule has 1 saturated heterocycles. The lowest BCUT2D eigenvalue weighted by molar-refractivity contribution is 0.248. The normalized spacial score (nSPS) is 15.5. The summed E-state index contributed by atoms with van der Waals surface area (Å²) >= 11 is 0. The SMILES string of the molecule is Cn1c(=O)c2c(ncn2CCN2CCN(c3ccccc3F)CC2)n(C)c1=O. The second kappa shape index (κ2) is 7.23. The van der Waals surface area contributed by atoms with Gasteiger partial charge in [-0.1, -0.05) is 12.1 Å². The monoisotopic (exact) mass is 386 g/mol. The van der Waals surface area contributed by atoms with Crippen molar-refractivity contribution in [3.8, 4) is 0 Å². The van der Waals surface area contributed by atoms with E-state index < -0.39 is 0 Å². The fourth-order valence-electron chi connectivity index (χ4n) is 3.74. The van der Waals surface area contributed by atoms with E-state index in [1.807, 2.05) is 12.1 Å². The highest BCUT2D eigenvalue weighted by Gasteiger charge is 2.20. The summed E-state index contributed by atoms with van der Waals surface area (Å²) in [4.78, 5) is 33.1. The van der Waals surface area contributed by atoms with Crippen molar-refractivity contribution in [2.75, 3.05) is 37.6 Å². The summed E-state index contributed by atoms with van der Waals surface area (Å²) < 4.78 is 18.3. The van der Waals surface area contributed by atoms with Gasteiger partial charge < -0.3 is 9.47 Å². The number of para-hydroxylation sites is 1. The van der Waals surface area contributed by atoms with Crippen molar-refractivity contribution in [1.82, 2.24) is 23.6 Å². The van der Waals surface area contributed by atoms with Gasteiger partial charge in [0.1, 0.15) is 5.82 Å². The number of hydrogen-bond donors (Lipinski definition) is 0. The van der Waals surface area contributed by atoms with Gasteiger partial charge in [-0.2, -0.15) is 0 Å². The largest absolute Gasteiger partial charge is 0.367 e. The molecule has 0 aliphatic carbocycles. The lowest BCUT2D eigenvalue weighted by atomic mass is 10.2. The third-order valence-electron chi connectivity index (χ3n) is 5.44. The molecule has 0 amide bonds. The van der Waals surface area contributed by atoms with Crippen LogP contribution in [0.4, 0.5) is 10.1 Å². The number of aromatic nitrogens is 4. The first kappa shape index (κ1) is 18.4. The van der Waals surface area contributed by atoms with Gasteiger partial charge in [0.2, 0.25) is 0 Å². The number of rotatable bonds is 4. The molecule has 0 spiro atoms. The summed E-state index contributed by atoms with van der Waals surface area (Å²) in [6.07, 6.45) is 1.61. The van der Waals surface area contributed by atoms with Crippen LogP contribution in [-0.2, 0) is 20.6 Å². The standard InChI is InChI=1S/C19H23FN6O2/c1-22-17-16(18(27)23(2)19(22)28)26(13-21-17)12-9-24-7-10-25(11-8-24)15-6-4-3-5-14(15)20/h3-6,13H,7-12H2,1-2H3. The van der Waals surface area contributed by atoms with Crippen LogP contribution in [0.1, 0.15) is 0 Å². The van der Waals surface area contributed by atoms with Crippen LogP contribution in [0, 0.1) is 5.82 Å². The Hall–Kier alpha value is -2.94. The van der Waals surface area contributed by atoms with E-state index in [1.54, 1.807) is 24.0 Å². The third-order valence-corrected chi connectivity index (χ3v) is 5.44. The second-order valence-electron chi connectivity index (χ2n) is 7.10. The van der Waals surface area contributed by atoms with E-state index >= 15 is 0 Å². The van der Waals surface area contributed by atoms with Crippen molar-refractivity contribution in [1.29, 1.82) is 0 Å². The number of hydrogen-bond acceptors (Lipinski definition) is 5. The summed E-state index contributed by atoms with van der Waals surface area (Å²) in [5, 5.41) is 0. The highest BCUT2D eigenvalue weighted by molar-refractivity contribution is 5.69. The number of piperazine rings is 1. The first-order valence-corrected chi connectivity index (χ1v) is 9.30. The molecule has 3 heterocycles. The van der Waals surface area contributed by atoms with Crippen molar-refractivity contribution in [3.05, 3.63) is 57.2 Å². The van der Waals surface area contributed by atoms with Gasteiger partial charge in [-0.05, 0) is 12.1 Å². The summed E-state index contributed by atoms with van der Waals surface area (Å²) in [6, 6.07) is 6.84. The van der Waals surface area contributed by atoms with Crippen LogP contribution < -0.4 is 16.1 Å². The second-order valence-corrected chi connectivity index (χ2v) is 7.10. The number of benzene rings is 1. The molecule has 0 N–H and O–H groups in total. The van der Waals surface area contributed by atoms with Gasteiger partial charge in [-0.15, -0.1) is 0 Å². The minimum absolute atomic E-state index is 0.192. The zero-order chi connectivity index (χ0) is 19.8. The molecule has 1 fully saturated rings. The zero-order valence-electron chi connectivity index (χ0n) is 16.0. The lowest BCUT2D eigenvalue weighted by Crippen LogP contribution is -2.47. The Kier molecular flexibility index (Phi) is 4.76. The maximum Gasteiger partial charge on any atom is 0.332 e. The highest BCUT2D eigenvalue weighted by Crippen LogP contribution is 2.20. The minimum Gasteiger partial charge on any atom is -0.367 e. The third kappa shape index (κ3) is 3.11. The van der Waals surface area contributed by atoms with E-state index in [0.29, 0.717) is 23.4 Å². The molecular weight excluding hydrogens is 363 g/mol. The van der Waals surface area contributed by atoms with Crippen LogP contribution in [0.3, 0.4) is 0 Å². The van der Waals surface area contributed by atoms with Crippen molar-refractivity contribution < 1.29 is 4.39 Å². The number of anilines is 1. The van der Waals surface area contributed by atoms with E-state index in [4.69, 9.17) is 0 Å². The highest BCUT2D eigenvalue weighted by atomic mass is 19.1. The molecule has 3 aromatic rings. The Balaban J connectivity index is 1.45. The number of aryl methyl sites for hydroxylation is 1. The van der Waals surface area contributed by atoms with Crippen LogP contribution in [0.2, 0.25) is 0 Å². The molecule has 9 heteroatoms. The van der Waals surface area contributed by atoms with E-state index in [2.05, 4.69) is 14.8 Å². The van der Waals surface area contributed by atoms with Gasteiger partial charge >= 0.3 is 5.69 Å². The molecule has 148 valence electrons. The molecule has 4 rings (SSSR count). The first-order chi connectivity index (χ1) is 13.5. The summed E-state index contributed by atoms with van der Waals surface area (Å²) in [7, 11) is 3.09. The summed E-state index contributed by atoms with van der Waals surface area (Å²) in [5.41, 5.74) is 0.770. The Morgan fingerprint density at radius 1 is 1.00 bits per heavy atom. The molecule has 0 radical (unpaired) electrons. The maximum atomic E-state index is 14.0. The fraction of sp³-hybridized carbons (Fsp3) is 0.421. The molecule has 2 aromatic heterocycles. The first-order valence-electron chi connectivity index (χ1n) is 9.30. The molecule has 0 bridgehead atoms. The Morgan fingerprint density at radius 2 is 1.71 bits per heavy atom. The van der Waals surface area contributed by atoms with Gasteiger partial charge in [-0.3, -0.25) is 18.8 Å². The number of imidazole rings is 1. The average Bonchev–Trinajstić information content (AvgIpc) is 3.14. The molecule has 0 unspecified atom stereocenters. The van der Waals surface area contributed by atoms with E-state index in [9.17, 15) is 14.0 Å². The van der Waals surface area contributed by atoms with Crippen molar-refractivity contribution >= 4 is 16.9 Å². The van der Waals surface area contributed by atoms with Crippen molar-refractivity contribution in [2.24, 2.45) is 14.1 Å².